The zero-order valence-electron chi connectivity index (χ0n) is 9.76. The largest absolute Gasteiger partial charge is 0.382 e. The van der Waals surface area contributed by atoms with E-state index < -0.39 is 0 Å². The van der Waals surface area contributed by atoms with Crippen LogP contribution in [0.3, 0.4) is 0 Å². The summed E-state index contributed by atoms with van der Waals surface area (Å²) >= 11 is 12.2. The van der Waals surface area contributed by atoms with Gasteiger partial charge in [0.25, 0.3) is 0 Å². The molecule has 0 aliphatic carbocycles. The van der Waals surface area contributed by atoms with Crippen molar-refractivity contribution >= 4 is 23.2 Å². The van der Waals surface area contributed by atoms with E-state index in [0.717, 1.165) is 12.0 Å². The van der Waals surface area contributed by atoms with Crippen LogP contribution in [0.4, 0.5) is 0 Å². The van der Waals surface area contributed by atoms with Gasteiger partial charge >= 0.3 is 0 Å². The Balaban J connectivity index is 2.90. The van der Waals surface area contributed by atoms with Crippen molar-refractivity contribution in [2.24, 2.45) is 0 Å². The molecule has 2 unspecified atom stereocenters. The smallest absolute Gasteiger partial charge is 0.0640 e. The summed E-state index contributed by atoms with van der Waals surface area (Å²) in [5.74, 6) is 0. The molecule has 1 N–H and O–H groups in total. The number of ether oxygens (including phenoxy) is 1. The Morgan fingerprint density at radius 3 is 2.62 bits per heavy atom. The van der Waals surface area contributed by atoms with Crippen molar-refractivity contribution in [3.63, 3.8) is 0 Å². The molecule has 2 nitrogen and oxygen atoms in total. The monoisotopic (exact) mass is 261 g/mol. The molecule has 0 heterocycles. The molecule has 1 rings (SSSR count). The minimum absolute atomic E-state index is 0.154. The molecule has 0 amide bonds. The summed E-state index contributed by atoms with van der Waals surface area (Å²) in [6, 6.07) is 5.84. The van der Waals surface area contributed by atoms with Crippen LogP contribution in [0.2, 0.25) is 10.0 Å². The molecule has 1 aromatic rings. The zero-order valence-corrected chi connectivity index (χ0v) is 11.3. The van der Waals surface area contributed by atoms with Crippen LogP contribution in [0.15, 0.2) is 18.2 Å². The van der Waals surface area contributed by atoms with Crippen LogP contribution in [0, 0.1) is 0 Å². The molecule has 1 aromatic carbocycles. The summed E-state index contributed by atoms with van der Waals surface area (Å²) in [5, 5.41) is 4.43. The van der Waals surface area contributed by atoms with Crippen LogP contribution >= 0.6 is 23.2 Å². The highest BCUT2D eigenvalue weighted by molar-refractivity contribution is 6.42. The van der Waals surface area contributed by atoms with E-state index in [4.69, 9.17) is 27.9 Å². The molecule has 0 spiro atoms. The molecule has 0 aliphatic heterocycles. The van der Waals surface area contributed by atoms with Gasteiger partial charge in [-0.25, -0.2) is 0 Å². The lowest BCUT2D eigenvalue weighted by Crippen LogP contribution is -2.22. The summed E-state index contributed by atoms with van der Waals surface area (Å²) in [7, 11) is 3.61. The number of hydrogen-bond donors (Lipinski definition) is 1. The summed E-state index contributed by atoms with van der Waals surface area (Å²) in [6.45, 7) is 2.03. The van der Waals surface area contributed by atoms with Crippen molar-refractivity contribution in [1.29, 1.82) is 0 Å². The number of methoxy groups -OCH3 is 1. The van der Waals surface area contributed by atoms with Gasteiger partial charge < -0.3 is 10.1 Å². The molecule has 0 aliphatic rings. The van der Waals surface area contributed by atoms with Gasteiger partial charge in [-0.3, -0.25) is 0 Å². The molecule has 0 fully saturated rings. The van der Waals surface area contributed by atoms with Gasteiger partial charge in [-0.2, -0.15) is 0 Å². The molecule has 4 heteroatoms. The van der Waals surface area contributed by atoms with Gasteiger partial charge in [0.1, 0.15) is 0 Å². The highest BCUT2D eigenvalue weighted by Gasteiger charge is 2.17. The molecule has 0 aromatic heterocycles. The van der Waals surface area contributed by atoms with Crippen LogP contribution in [-0.2, 0) is 4.74 Å². The van der Waals surface area contributed by atoms with E-state index in [0.29, 0.717) is 10.0 Å². The van der Waals surface area contributed by atoms with E-state index >= 15 is 0 Å². The van der Waals surface area contributed by atoms with Crippen molar-refractivity contribution in [1.82, 2.24) is 5.32 Å². The number of hydrogen-bond acceptors (Lipinski definition) is 2. The molecule has 0 bridgehead atoms. The number of benzene rings is 1. The first-order valence-corrected chi connectivity index (χ1v) is 5.99. The predicted molar refractivity (Wildman–Crippen MR) is 69.4 cm³/mol. The second-order valence-corrected chi connectivity index (χ2v) is 4.55. The number of halogens is 2. The minimum Gasteiger partial charge on any atom is -0.382 e. The lowest BCUT2D eigenvalue weighted by Gasteiger charge is -2.21. The zero-order chi connectivity index (χ0) is 12.1. The topological polar surface area (TPSA) is 21.3 Å². The fourth-order valence-electron chi connectivity index (χ4n) is 1.62. The molecule has 0 radical (unpaired) electrons. The second-order valence-electron chi connectivity index (χ2n) is 3.77. The normalized spacial score (nSPS) is 14.8. The Labute approximate surface area is 107 Å². The maximum Gasteiger partial charge on any atom is 0.0640 e. The number of nitrogens with one attached hydrogen (secondary N) is 1. The average molecular weight is 262 g/mol. The Morgan fingerprint density at radius 2 is 2.06 bits per heavy atom. The van der Waals surface area contributed by atoms with E-state index in [-0.39, 0.29) is 12.1 Å². The standard InChI is InChI=1S/C12H17Cl2NO/c1-8(16-3)7-11(15-2)9-5-4-6-10(13)12(9)14/h4-6,8,11,15H,7H2,1-3H3. The van der Waals surface area contributed by atoms with Crippen molar-refractivity contribution in [3.8, 4) is 0 Å². The first kappa shape index (κ1) is 13.8. The van der Waals surface area contributed by atoms with E-state index in [2.05, 4.69) is 5.32 Å². The van der Waals surface area contributed by atoms with Crippen LogP contribution in [0.5, 0.6) is 0 Å². The first-order valence-electron chi connectivity index (χ1n) is 5.24. The highest BCUT2D eigenvalue weighted by atomic mass is 35.5. The summed E-state index contributed by atoms with van der Waals surface area (Å²) in [6.07, 6.45) is 1.03. The Hall–Kier alpha value is -0.280. The van der Waals surface area contributed by atoms with Gasteiger partial charge in [-0.1, -0.05) is 35.3 Å². The molecule has 16 heavy (non-hydrogen) atoms. The summed E-state index contributed by atoms with van der Waals surface area (Å²) in [5.41, 5.74) is 1.01. The maximum absolute atomic E-state index is 6.18. The van der Waals surface area contributed by atoms with Gasteiger partial charge in [-0.05, 0) is 32.0 Å². The predicted octanol–water partition coefficient (Wildman–Crippen LogP) is 3.68. The van der Waals surface area contributed by atoms with Gasteiger partial charge in [-0.15, -0.1) is 0 Å². The lowest BCUT2D eigenvalue weighted by molar-refractivity contribution is 0.101. The molecule has 2 atom stereocenters. The second kappa shape index (κ2) is 6.45. The van der Waals surface area contributed by atoms with Crippen LogP contribution in [-0.4, -0.2) is 20.3 Å². The lowest BCUT2D eigenvalue weighted by atomic mass is 10.0. The first-order chi connectivity index (χ1) is 7.60. The molecule has 90 valence electrons. The van der Waals surface area contributed by atoms with E-state index in [1.54, 1.807) is 13.2 Å². The molecule has 0 saturated heterocycles. The van der Waals surface area contributed by atoms with Crippen LogP contribution in [0.1, 0.15) is 24.9 Å². The van der Waals surface area contributed by atoms with Gasteiger partial charge in [0.2, 0.25) is 0 Å². The fourth-order valence-corrected chi connectivity index (χ4v) is 2.06. The van der Waals surface area contributed by atoms with Crippen molar-refractivity contribution < 1.29 is 4.74 Å². The Morgan fingerprint density at radius 1 is 1.38 bits per heavy atom. The Bertz CT molecular complexity index is 344. The van der Waals surface area contributed by atoms with Crippen molar-refractivity contribution in [3.05, 3.63) is 33.8 Å². The van der Waals surface area contributed by atoms with E-state index in [1.807, 2.05) is 26.1 Å². The minimum atomic E-state index is 0.154. The fraction of sp³-hybridized carbons (Fsp3) is 0.500. The molecule has 0 saturated carbocycles. The van der Waals surface area contributed by atoms with Gasteiger partial charge in [0.05, 0.1) is 16.1 Å². The summed E-state index contributed by atoms with van der Waals surface area (Å²) in [4.78, 5) is 0. The van der Waals surface area contributed by atoms with Crippen LogP contribution in [0.25, 0.3) is 0 Å². The molecular formula is C12H17Cl2NO. The van der Waals surface area contributed by atoms with Gasteiger partial charge in [0, 0.05) is 13.2 Å². The number of rotatable bonds is 5. The molecular weight excluding hydrogens is 245 g/mol. The third-order valence-electron chi connectivity index (χ3n) is 2.68. The summed E-state index contributed by atoms with van der Waals surface area (Å²) < 4.78 is 5.26. The van der Waals surface area contributed by atoms with E-state index in [9.17, 15) is 0 Å². The van der Waals surface area contributed by atoms with Crippen LogP contribution < -0.4 is 5.32 Å². The third-order valence-corrected chi connectivity index (χ3v) is 3.51. The maximum atomic E-state index is 6.18. The SMILES string of the molecule is CNC(CC(C)OC)c1cccc(Cl)c1Cl. The highest BCUT2D eigenvalue weighted by Crippen LogP contribution is 2.31. The van der Waals surface area contributed by atoms with Gasteiger partial charge in [0.15, 0.2) is 0 Å². The average Bonchev–Trinajstić information content (AvgIpc) is 2.29. The van der Waals surface area contributed by atoms with E-state index in [1.165, 1.54) is 0 Å². The van der Waals surface area contributed by atoms with Crippen molar-refractivity contribution in [2.45, 2.75) is 25.5 Å². The third kappa shape index (κ3) is 3.36. The quantitative estimate of drug-likeness (QED) is 0.874. The Kier molecular flexibility index (Phi) is 5.56. The van der Waals surface area contributed by atoms with Crippen molar-refractivity contribution in [2.75, 3.05) is 14.2 Å².